The van der Waals surface area contributed by atoms with E-state index < -0.39 is 37.5 Å². The molecule has 1 amide bonds. The van der Waals surface area contributed by atoms with Gasteiger partial charge < -0.3 is 34.3 Å². The highest BCUT2D eigenvalue weighted by molar-refractivity contribution is 7.90. The van der Waals surface area contributed by atoms with Gasteiger partial charge in [-0.15, -0.1) is 0 Å². The zero-order valence-electron chi connectivity index (χ0n) is 40.1. The van der Waals surface area contributed by atoms with Crippen molar-refractivity contribution in [3.8, 4) is 5.88 Å². The van der Waals surface area contributed by atoms with Crippen LogP contribution in [0.3, 0.4) is 0 Å². The van der Waals surface area contributed by atoms with Gasteiger partial charge in [-0.05, 0) is 129 Å². The Morgan fingerprint density at radius 3 is 2.54 bits per heavy atom. The lowest BCUT2D eigenvalue weighted by atomic mass is 9.59. The Morgan fingerprint density at radius 1 is 0.929 bits per heavy atom. The number of nitro groups is 1. The Hall–Kier alpha value is -5.75. The number of fused-ring (bicyclic) bond motifs is 3. The third kappa shape index (κ3) is 8.98. The van der Waals surface area contributed by atoms with E-state index in [4.69, 9.17) is 19.2 Å². The van der Waals surface area contributed by atoms with Crippen LogP contribution in [0.2, 0.25) is 0 Å². The minimum atomic E-state index is -4.59. The fourth-order valence-electron chi connectivity index (χ4n) is 12.3. The standard InChI is InChI=1S/C53H64N8O8S/c1-34(2)40-8-5-6-9-41(40)44-10-4-3-7-21-59(44)38-29-53(30-38)18-22-58(23-19-53)37-11-13-42(45(27-37)60-47-26-36-15-20-54-50(36)56-52(47)69-49-33-68-32-48(49)60)51(62)57-70(65,66)39-12-14-43(46(28-39)61(63)64)55-31-35-16-24-67-25-17-35/h5-6,8-9,11-15,20,26-28,34-35,38,44,48-49,55H,3-4,7,10,16-19,21-25,29-33H2,1-2H3,(H,54,56)(H,57,62)/t44-,48+,49+/m0/s1. The molecule has 70 heavy (non-hydrogen) atoms. The van der Waals surface area contributed by atoms with Gasteiger partial charge >= 0.3 is 0 Å². The number of hydrogen-bond donors (Lipinski definition) is 3. The third-order valence-electron chi connectivity index (χ3n) is 16.2. The number of H-pyrrole nitrogens is 1. The van der Waals surface area contributed by atoms with Gasteiger partial charge in [-0.1, -0.05) is 51.0 Å². The second-order valence-electron chi connectivity index (χ2n) is 20.8. The monoisotopic (exact) mass is 972 g/mol. The number of carbonyl (C=O) groups excluding carboxylic acids is 1. The number of aromatic nitrogens is 2. The van der Waals surface area contributed by atoms with Crippen molar-refractivity contribution in [2.45, 2.75) is 113 Å². The number of nitrogens with one attached hydrogen (secondary N) is 3. The summed E-state index contributed by atoms with van der Waals surface area (Å²) >= 11 is 0. The van der Waals surface area contributed by atoms with Gasteiger partial charge in [0, 0.05) is 68.3 Å². The summed E-state index contributed by atoms with van der Waals surface area (Å²) in [7, 11) is -4.59. The summed E-state index contributed by atoms with van der Waals surface area (Å²) in [5.74, 6) is 0.265. The van der Waals surface area contributed by atoms with Gasteiger partial charge in [0.2, 0.25) is 5.88 Å². The first-order valence-corrected chi connectivity index (χ1v) is 26.8. The first-order chi connectivity index (χ1) is 33.9. The molecule has 1 spiro atoms. The number of ether oxygens (including phenoxy) is 3. The van der Waals surface area contributed by atoms with Crippen LogP contribution in [0.4, 0.5) is 28.4 Å². The van der Waals surface area contributed by atoms with Gasteiger partial charge in [0.05, 0.1) is 40.3 Å². The van der Waals surface area contributed by atoms with E-state index in [0.29, 0.717) is 73.9 Å². The number of amides is 1. The summed E-state index contributed by atoms with van der Waals surface area (Å²) in [5.41, 5.74) is 5.90. The van der Waals surface area contributed by atoms with Crippen molar-refractivity contribution in [1.82, 2.24) is 19.6 Å². The Balaban J connectivity index is 0.867. The highest BCUT2D eigenvalue weighted by Crippen LogP contribution is 2.54. The molecule has 5 aromatic rings. The predicted octanol–water partition coefficient (Wildman–Crippen LogP) is 9.22. The number of piperidine rings is 1. The summed E-state index contributed by atoms with van der Waals surface area (Å²) in [4.78, 5) is 41.2. The van der Waals surface area contributed by atoms with E-state index >= 15 is 0 Å². The number of aromatic amines is 1. The zero-order chi connectivity index (χ0) is 48.1. The SMILES string of the molecule is CC(C)c1ccccc1[C@@H]1CCCCCN1C1CC2(CCN(c3ccc(C(=O)NS(=O)(=O)c4ccc(NCC5CCOCC5)c([N+](=O)[O-])c4)c(N4c5cc6cc[nH]c6nc5O[C@@H]5COC[C@H]54)c3)CC2)C1. The molecule has 3 N–H and O–H groups in total. The molecule has 0 unspecified atom stereocenters. The maximum atomic E-state index is 14.6. The lowest BCUT2D eigenvalue weighted by Gasteiger charge is -2.57. The molecule has 1 saturated carbocycles. The minimum absolute atomic E-state index is 0.116. The van der Waals surface area contributed by atoms with Crippen LogP contribution in [-0.2, 0) is 19.5 Å². The number of likely N-dealkylation sites (tertiary alicyclic amines) is 1. The summed E-state index contributed by atoms with van der Waals surface area (Å²) < 4.78 is 48.4. The maximum Gasteiger partial charge on any atom is 0.293 e. The number of rotatable bonds is 12. The number of anilines is 4. The molecule has 7 heterocycles. The van der Waals surface area contributed by atoms with Crippen LogP contribution in [-0.4, -0.2) is 105 Å². The molecule has 6 aliphatic rings. The van der Waals surface area contributed by atoms with Gasteiger partial charge in [0.15, 0.2) is 0 Å². The molecule has 3 aromatic carbocycles. The van der Waals surface area contributed by atoms with E-state index in [1.54, 1.807) is 6.07 Å². The molecule has 17 heteroatoms. The number of benzene rings is 3. The van der Waals surface area contributed by atoms with E-state index in [2.05, 4.69) is 62.9 Å². The first kappa shape index (κ1) is 46.6. The second kappa shape index (κ2) is 19.1. The van der Waals surface area contributed by atoms with Crippen molar-refractivity contribution < 1.29 is 32.3 Å². The van der Waals surface area contributed by atoms with Crippen LogP contribution < -0.4 is 24.6 Å². The molecular formula is C53H64N8O8S. The lowest BCUT2D eigenvalue weighted by Crippen LogP contribution is -2.55. The average Bonchev–Trinajstić information content (AvgIpc) is 3.96. The molecule has 370 valence electrons. The van der Waals surface area contributed by atoms with Crippen molar-refractivity contribution >= 4 is 55.4 Å². The number of nitro benzene ring substituents is 1. The summed E-state index contributed by atoms with van der Waals surface area (Å²) in [6.45, 7) is 9.85. The topological polar surface area (TPSA) is 184 Å². The zero-order valence-corrected chi connectivity index (χ0v) is 40.9. The Labute approximate surface area is 409 Å². The Kier molecular flexibility index (Phi) is 12.7. The van der Waals surface area contributed by atoms with Crippen molar-refractivity contribution in [3.05, 3.63) is 106 Å². The van der Waals surface area contributed by atoms with Crippen LogP contribution >= 0.6 is 0 Å². The van der Waals surface area contributed by atoms with Crippen LogP contribution in [0.1, 0.15) is 112 Å². The Bertz CT molecular complexity index is 2870. The quantitative estimate of drug-likeness (QED) is 0.0795. The van der Waals surface area contributed by atoms with E-state index in [1.807, 2.05) is 35.4 Å². The number of sulfonamides is 1. The average molecular weight is 973 g/mol. The minimum Gasteiger partial charge on any atom is -0.468 e. The molecule has 1 aliphatic carbocycles. The molecule has 3 atom stereocenters. The molecule has 0 bridgehead atoms. The van der Waals surface area contributed by atoms with Crippen molar-refractivity contribution in [2.75, 3.05) is 67.7 Å². The van der Waals surface area contributed by atoms with Gasteiger partial charge in [0.1, 0.15) is 23.1 Å². The molecule has 5 aliphatic heterocycles. The van der Waals surface area contributed by atoms with Gasteiger partial charge in [-0.25, -0.2) is 13.1 Å². The summed E-state index contributed by atoms with van der Waals surface area (Å²) in [6, 6.07) is 23.0. The Morgan fingerprint density at radius 2 is 1.74 bits per heavy atom. The highest BCUT2D eigenvalue weighted by Gasteiger charge is 2.50. The lowest BCUT2D eigenvalue weighted by molar-refractivity contribution is -0.384. The molecule has 4 saturated heterocycles. The van der Waals surface area contributed by atoms with E-state index in [1.165, 1.54) is 61.8 Å². The highest BCUT2D eigenvalue weighted by atomic mass is 32.2. The van der Waals surface area contributed by atoms with Crippen LogP contribution in [0.25, 0.3) is 11.0 Å². The van der Waals surface area contributed by atoms with Gasteiger partial charge in [-0.2, -0.15) is 4.98 Å². The molecular weight excluding hydrogens is 909 g/mol. The fourth-order valence-corrected chi connectivity index (χ4v) is 13.3. The van der Waals surface area contributed by atoms with E-state index in [0.717, 1.165) is 62.5 Å². The van der Waals surface area contributed by atoms with Gasteiger partial charge in [0.25, 0.3) is 21.6 Å². The van der Waals surface area contributed by atoms with Crippen LogP contribution in [0.5, 0.6) is 5.88 Å². The van der Waals surface area contributed by atoms with Crippen LogP contribution in [0, 0.1) is 21.4 Å². The predicted molar refractivity (Wildman–Crippen MR) is 269 cm³/mol. The number of hydrogen-bond acceptors (Lipinski definition) is 13. The largest absolute Gasteiger partial charge is 0.468 e. The third-order valence-corrected chi connectivity index (χ3v) is 17.5. The number of nitrogens with zero attached hydrogens (tertiary/aromatic N) is 5. The van der Waals surface area contributed by atoms with E-state index in [-0.39, 0.29) is 28.6 Å². The number of pyridine rings is 1. The summed E-state index contributed by atoms with van der Waals surface area (Å²) in [5, 5.41) is 16.3. The molecule has 16 nitrogen and oxygen atoms in total. The van der Waals surface area contributed by atoms with Crippen molar-refractivity contribution in [2.24, 2.45) is 11.3 Å². The van der Waals surface area contributed by atoms with Crippen molar-refractivity contribution in [1.29, 1.82) is 0 Å². The normalized spacial score (nSPS) is 23.1. The molecule has 2 aromatic heterocycles. The number of carbonyl (C=O) groups is 1. The smallest absolute Gasteiger partial charge is 0.293 e. The summed E-state index contributed by atoms with van der Waals surface area (Å²) in [6.07, 6.45) is 12.6. The second-order valence-corrected chi connectivity index (χ2v) is 22.5. The molecule has 5 fully saturated rings. The van der Waals surface area contributed by atoms with Crippen molar-refractivity contribution in [3.63, 3.8) is 0 Å². The molecule has 0 radical (unpaired) electrons. The van der Waals surface area contributed by atoms with E-state index in [9.17, 15) is 23.3 Å². The van der Waals surface area contributed by atoms with Gasteiger partial charge in [-0.3, -0.25) is 19.8 Å². The first-order valence-electron chi connectivity index (χ1n) is 25.4. The fraction of sp³-hybridized carbons (Fsp3) is 0.509. The van der Waals surface area contributed by atoms with Crippen LogP contribution in [0.15, 0.2) is 83.9 Å². The maximum absolute atomic E-state index is 14.6. The molecule has 11 rings (SSSR count).